The number of anilines is 2. The highest BCUT2D eigenvalue weighted by Crippen LogP contribution is 2.37. The van der Waals surface area contributed by atoms with Crippen LogP contribution in [-0.4, -0.2) is 30.6 Å². The Labute approximate surface area is 160 Å². The van der Waals surface area contributed by atoms with Gasteiger partial charge in [-0.05, 0) is 37.1 Å². The summed E-state index contributed by atoms with van der Waals surface area (Å²) in [4.78, 5) is 12.2. The maximum atomic E-state index is 13.1. The van der Waals surface area contributed by atoms with E-state index in [-0.39, 0.29) is 21.4 Å². The number of rotatable bonds is 4. The molecule has 2 aromatic carbocycles. The number of carbonyl (C=O) groups excluding carboxylic acids is 1. The summed E-state index contributed by atoms with van der Waals surface area (Å²) in [5.74, 6) is -0.365. The topological polar surface area (TPSA) is 92.3 Å². The molecule has 0 bridgehead atoms. The highest BCUT2D eigenvalue weighted by molar-refractivity contribution is 7.94. The van der Waals surface area contributed by atoms with Crippen molar-refractivity contribution in [2.75, 3.05) is 9.62 Å². The Bertz CT molecular complexity index is 1100. The highest BCUT2D eigenvalue weighted by Gasteiger charge is 2.38. The molecular weight excluding hydrogens is 384 g/mol. The second kappa shape index (κ2) is 6.75. The third-order valence-electron chi connectivity index (χ3n) is 4.29. The monoisotopic (exact) mass is 400 g/mol. The van der Waals surface area contributed by atoms with Gasteiger partial charge in [0, 0.05) is 11.6 Å². The number of carbonyl (C=O) groups is 1. The number of nitrogens with one attached hydrogen (secondary N) is 1. The van der Waals surface area contributed by atoms with Crippen LogP contribution in [-0.2, 0) is 16.4 Å². The average molecular weight is 400 g/mol. The van der Waals surface area contributed by atoms with E-state index in [4.69, 9.17) is 0 Å². The largest absolute Gasteiger partial charge is 0.296 e. The summed E-state index contributed by atoms with van der Waals surface area (Å²) in [6.07, 6.45) is 0.645. The van der Waals surface area contributed by atoms with Crippen LogP contribution in [0.25, 0.3) is 0 Å². The van der Waals surface area contributed by atoms with Crippen molar-refractivity contribution in [3.8, 4) is 0 Å². The summed E-state index contributed by atoms with van der Waals surface area (Å²) in [5.41, 5.74) is 2.10. The normalized spacial score (nSPS) is 16.2. The Morgan fingerprint density at radius 1 is 1.11 bits per heavy atom. The number of benzene rings is 2. The summed E-state index contributed by atoms with van der Waals surface area (Å²) < 4.78 is 27.4. The van der Waals surface area contributed by atoms with Gasteiger partial charge in [0.15, 0.2) is 0 Å². The molecule has 0 spiro atoms. The SMILES string of the molecule is C[C@H]1Cc2ccccc2N1S(=O)(=O)c1nnc(NC(=O)c2ccccc2)s1. The molecule has 1 N–H and O–H groups in total. The number of sulfonamides is 1. The molecule has 0 saturated carbocycles. The fraction of sp³-hybridized carbons (Fsp3) is 0.167. The van der Waals surface area contributed by atoms with Crippen LogP contribution >= 0.6 is 11.3 Å². The molecule has 1 aliphatic heterocycles. The summed E-state index contributed by atoms with van der Waals surface area (Å²) >= 11 is 0.843. The molecule has 9 heteroatoms. The van der Waals surface area contributed by atoms with Gasteiger partial charge in [-0.1, -0.05) is 47.7 Å². The Morgan fingerprint density at radius 2 is 1.81 bits per heavy atom. The highest BCUT2D eigenvalue weighted by atomic mass is 32.2. The molecule has 7 nitrogen and oxygen atoms in total. The van der Waals surface area contributed by atoms with Crippen LogP contribution in [0.3, 0.4) is 0 Å². The van der Waals surface area contributed by atoms with E-state index in [1.54, 1.807) is 30.3 Å². The number of fused-ring (bicyclic) bond motifs is 1. The summed E-state index contributed by atoms with van der Waals surface area (Å²) in [6, 6.07) is 15.8. The molecule has 3 aromatic rings. The first-order chi connectivity index (χ1) is 13.0. The number of amides is 1. The zero-order valence-electron chi connectivity index (χ0n) is 14.4. The first kappa shape index (κ1) is 17.6. The van der Waals surface area contributed by atoms with Crippen LogP contribution in [0.5, 0.6) is 0 Å². The van der Waals surface area contributed by atoms with Gasteiger partial charge < -0.3 is 0 Å². The fourth-order valence-electron chi connectivity index (χ4n) is 3.11. The van der Waals surface area contributed by atoms with Gasteiger partial charge in [0.2, 0.25) is 5.13 Å². The van der Waals surface area contributed by atoms with E-state index in [1.165, 1.54) is 4.31 Å². The predicted octanol–water partition coefficient (Wildman–Crippen LogP) is 2.93. The van der Waals surface area contributed by atoms with Crippen LogP contribution in [0, 0.1) is 0 Å². The van der Waals surface area contributed by atoms with Gasteiger partial charge in [0.1, 0.15) is 0 Å². The minimum atomic E-state index is -3.85. The van der Waals surface area contributed by atoms with E-state index < -0.39 is 10.0 Å². The Hall–Kier alpha value is -2.78. The van der Waals surface area contributed by atoms with Crippen molar-refractivity contribution in [2.24, 2.45) is 0 Å². The molecule has 1 atom stereocenters. The molecule has 1 aliphatic rings. The molecule has 1 aromatic heterocycles. The third kappa shape index (κ3) is 3.19. The third-order valence-corrected chi connectivity index (χ3v) is 7.40. The van der Waals surface area contributed by atoms with Gasteiger partial charge in [-0.15, -0.1) is 10.2 Å². The smallest absolute Gasteiger partial charge is 0.293 e. The van der Waals surface area contributed by atoms with E-state index in [2.05, 4.69) is 15.5 Å². The van der Waals surface area contributed by atoms with Crippen LogP contribution < -0.4 is 9.62 Å². The lowest BCUT2D eigenvalue weighted by atomic mass is 10.1. The molecule has 27 heavy (non-hydrogen) atoms. The second-order valence-electron chi connectivity index (χ2n) is 6.18. The van der Waals surface area contributed by atoms with Crippen LogP contribution in [0.1, 0.15) is 22.8 Å². The minimum Gasteiger partial charge on any atom is -0.296 e. The molecule has 2 heterocycles. The second-order valence-corrected chi connectivity index (χ2v) is 9.14. The first-order valence-electron chi connectivity index (χ1n) is 8.29. The zero-order chi connectivity index (χ0) is 19.0. The molecule has 4 rings (SSSR count). The van der Waals surface area contributed by atoms with E-state index >= 15 is 0 Å². The van der Waals surface area contributed by atoms with E-state index in [9.17, 15) is 13.2 Å². The summed E-state index contributed by atoms with van der Waals surface area (Å²) in [5, 5.41) is 10.4. The van der Waals surface area contributed by atoms with Crippen LogP contribution in [0.2, 0.25) is 0 Å². The van der Waals surface area contributed by atoms with Crippen molar-refractivity contribution >= 4 is 38.1 Å². The molecular formula is C18H16N4O3S2. The van der Waals surface area contributed by atoms with Gasteiger partial charge in [-0.3, -0.25) is 14.4 Å². The molecule has 0 saturated heterocycles. The molecule has 1 amide bonds. The molecule has 0 radical (unpaired) electrons. The van der Waals surface area contributed by atoms with Crippen molar-refractivity contribution in [3.05, 3.63) is 65.7 Å². The summed E-state index contributed by atoms with van der Waals surface area (Å²) in [7, 11) is -3.85. The van der Waals surface area contributed by atoms with Crippen molar-refractivity contribution < 1.29 is 13.2 Å². The number of hydrogen-bond donors (Lipinski definition) is 1. The van der Waals surface area contributed by atoms with Crippen molar-refractivity contribution in [2.45, 2.75) is 23.7 Å². The van der Waals surface area contributed by atoms with Crippen molar-refractivity contribution in [1.29, 1.82) is 0 Å². The number of hydrogen-bond acceptors (Lipinski definition) is 6. The maximum absolute atomic E-state index is 13.1. The number of para-hydroxylation sites is 1. The van der Waals surface area contributed by atoms with Gasteiger partial charge in [0.05, 0.1) is 5.69 Å². The Kier molecular flexibility index (Phi) is 4.40. The van der Waals surface area contributed by atoms with Crippen LogP contribution in [0.15, 0.2) is 58.9 Å². The number of aromatic nitrogens is 2. The fourth-order valence-corrected chi connectivity index (χ4v) is 5.78. The predicted molar refractivity (Wildman–Crippen MR) is 104 cm³/mol. The van der Waals surface area contributed by atoms with Crippen LogP contribution in [0.4, 0.5) is 10.8 Å². The molecule has 138 valence electrons. The van der Waals surface area contributed by atoms with E-state index in [0.29, 0.717) is 17.7 Å². The summed E-state index contributed by atoms with van der Waals surface area (Å²) in [6.45, 7) is 1.86. The lowest BCUT2D eigenvalue weighted by Gasteiger charge is -2.22. The number of nitrogens with zero attached hydrogens (tertiary/aromatic N) is 3. The van der Waals surface area contributed by atoms with Gasteiger partial charge in [-0.2, -0.15) is 8.42 Å². The van der Waals surface area contributed by atoms with Crippen molar-refractivity contribution in [1.82, 2.24) is 10.2 Å². The van der Waals surface area contributed by atoms with E-state index in [0.717, 1.165) is 16.9 Å². The van der Waals surface area contributed by atoms with Crippen molar-refractivity contribution in [3.63, 3.8) is 0 Å². The Balaban J connectivity index is 1.60. The van der Waals surface area contributed by atoms with Gasteiger partial charge in [-0.25, -0.2) is 0 Å². The van der Waals surface area contributed by atoms with E-state index in [1.807, 2.05) is 31.2 Å². The molecule has 0 fully saturated rings. The lowest BCUT2D eigenvalue weighted by Crippen LogP contribution is -2.35. The van der Waals surface area contributed by atoms with Gasteiger partial charge in [0.25, 0.3) is 20.3 Å². The lowest BCUT2D eigenvalue weighted by molar-refractivity contribution is 0.102. The molecule has 0 unspecified atom stereocenters. The first-order valence-corrected chi connectivity index (χ1v) is 10.5. The Morgan fingerprint density at radius 3 is 2.59 bits per heavy atom. The quantitative estimate of drug-likeness (QED) is 0.680. The van der Waals surface area contributed by atoms with Gasteiger partial charge >= 0.3 is 0 Å². The standard InChI is InChI=1S/C18H16N4O3S2/c1-12-11-14-9-5-6-10-15(14)22(12)27(24,25)18-21-20-17(26-18)19-16(23)13-7-3-2-4-8-13/h2-10,12H,11H2,1H3,(H,19,20,23)/t12-/m0/s1. The average Bonchev–Trinajstić information content (AvgIpc) is 3.26. The zero-order valence-corrected chi connectivity index (χ0v) is 16.0. The minimum absolute atomic E-state index is 0.141. The molecule has 0 aliphatic carbocycles. The maximum Gasteiger partial charge on any atom is 0.293 e.